The summed E-state index contributed by atoms with van der Waals surface area (Å²) in [6, 6.07) is 29.9. The van der Waals surface area contributed by atoms with E-state index in [2.05, 4.69) is 16.0 Å². The number of anilines is 1. The van der Waals surface area contributed by atoms with Crippen LogP contribution in [0.25, 0.3) is 0 Å². The van der Waals surface area contributed by atoms with E-state index < -0.39 is 34.0 Å². The zero-order chi connectivity index (χ0) is 34.7. The highest BCUT2D eigenvalue weighted by Crippen LogP contribution is 2.22. The number of hydrogen-bond donors (Lipinski definition) is 4. The molecule has 0 saturated heterocycles. The van der Waals surface area contributed by atoms with Crippen LogP contribution in [0.3, 0.4) is 0 Å². The molecule has 0 aromatic heterocycles. The number of nitrogens with zero attached hydrogens (tertiary/aromatic N) is 1. The Kier molecular flexibility index (Phi) is 12.7. The van der Waals surface area contributed by atoms with E-state index >= 15 is 0 Å². The molecule has 48 heavy (non-hydrogen) atoms. The Labute approximate surface area is 283 Å². The van der Waals surface area contributed by atoms with Crippen molar-refractivity contribution in [2.75, 3.05) is 37.8 Å². The molecule has 0 heterocycles. The van der Waals surface area contributed by atoms with Crippen LogP contribution in [0.15, 0.2) is 103 Å². The first kappa shape index (κ1) is 36.1. The molecule has 0 saturated carbocycles. The van der Waals surface area contributed by atoms with Gasteiger partial charge in [0, 0.05) is 24.7 Å². The Balaban J connectivity index is 1.54. The molecule has 0 fully saturated rings. The minimum absolute atomic E-state index is 0.0803. The third kappa shape index (κ3) is 10.4. The van der Waals surface area contributed by atoms with Gasteiger partial charge in [-0.1, -0.05) is 72.8 Å². The number of ether oxygens (including phenoxy) is 1. The number of sulfonamides is 1. The van der Waals surface area contributed by atoms with Gasteiger partial charge in [0.15, 0.2) is 0 Å². The molecule has 4 aromatic carbocycles. The van der Waals surface area contributed by atoms with Crippen LogP contribution >= 0.6 is 0 Å². The van der Waals surface area contributed by atoms with Gasteiger partial charge in [-0.2, -0.15) is 0 Å². The van der Waals surface area contributed by atoms with Crippen LogP contribution in [0.5, 0.6) is 5.75 Å². The molecule has 10 nitrogen and oxygen atoms in total. The minimum Gasteiger partial charge on any atom is -0.497 e. The summed E-state index contributed by atoms with van der Waals surface area (Å²) in [4.78, 5) is 27.2. The predicted octanol–water partition coefficient (Wildman–Crippen LogP) is 4.12. The van der Waals surface area contributed by atoms with Crippen LogP contribution in [0, 0.1) is 0 Å². The fourth-order valence-electron chi connectivity index (χ4n) is 5.21. The molecule has 4 rings (SSSR count). The Bertz CT molecular complexity index is 1770. The SMILES string of the molecule is COc1cccc(CCNCC(O)C(Cc2ccccc2)NC(=O)c2cc(C(=O)NC(C)c3ccccc3)cc(N(C)S(C)(=O)=O)c2)c1. The van der Waals surface area contributed by atoms with Gasteiger partial charge in [0.1, 0.15) is 5.75 Å². The van der Waals surface area contributed by atoms with Gasteiger partial charge in [-0.25, -0.2) is 8.42 Å². The molecule has 4 N–H and O–H groups in total. The van der Waals surface area contributed by atoms with Crippen molar-refractivity contribution < 1.29 is 27.9 Å². The Morgan fingerprint density at radius 3 is 2.06 bits per heavy atom. The molecule has 0 radical (unpaired) electrons. The average molecular weight is 673 g/mol. The Morgan fingerprint density at radius 2 is 1.44 bits per heavy atom. The van der Waals surface area contributed by atoms with Crippen LogP contribution in [-0.4, -0.2) is 71.0 Å². The normalized spacial score (nSPS) is 13.2. The van der Waals surface area contributed by atoms with Gasteiger partial charge in [-0.05, 0) is 73.3 Å². The van der Waals surface area contributed by atoms with E-state index in [0.29, 0.717) is 19.4 Å². The molecule has 3 unspecified atom stereocenters. The summed E-state index contributed by atoms with van der Waals surface area (Å²) in [5.41, 5.74) is 3.25. The van der Waals surface area contributed by atoms with Gasteiger partial charge in [0.05, 0.1) is 37.2 Å². The summed E-state index contributed by atoms with van der Waals surface area (Å²) in [7, 11) is -0.723. The predicted molar refractivity (Wildman–Crippen MR) is 189 cm³/mol. The second kappa shape index (κ2) is 16.9. The maximum Gasteiger partial charge on any atom is 0.251 e. The molecule has 11 heteroatoms. The highest BCUT2D eigenvalue weighted by Gasteiger charge is 2.25. The minimum atomic E-state index is -3.71. The smallest absolute Gasteiger partial charge is 0.251 e. The van der Waals surface area contributed by atoms with Crippen molar-refractivity contribution in [3.8, 4) is 5.75 Å². The molecule has 0 aliphatic rings. The number of amides is 2. The first-order valence-corrected chi connectivity index (χ1v) is 17.6. The maximum absolute atomic E-state index is 13.8. The summed E-state index contributed by atoms with van der Waals surface area (Å²) in [5.74, 6) is -0.248. The van der Waals surface area contributed by atoms with Crippen molar-refractivity contribution in [1.82, 2.24) is 16.0 Å². The van der Waals surface area contributed by atoms with Gasteiger partial charge in [0.2, 0.25) is 10.0 Å². The molecule has 2 amide bonds. The van der Waals surface area contributed by atoms with Crippen LogP contribution < -0.4 is 25.0 Å². The summed E-state index contributed by atoms with van der Waals surface area (Å²) >= 11 is 0. The second-order valence-electron chi connectivity index (χ2n) is 11.7. The van der Waals surface area contributed by atoms with Crippen molar-refractivity contribution in [3.63, 3.8) is 0 Å². The molecule has 254 valence electrons. The number of methoxy groups -OCH3 is 1. The third-order valence-corrected chi connectivity index (χ3v) is 9.31. The lowest BCUT2D eigenvalue weighted by molar-refractivity contribution is 0.0831. The van der Waals surface area contributed by atoms with Crippen molar-refractivity contribution in [2.24, 2.45) is 0 Å². The van der Waals surface area contributed by atoms with E-state index in [1.54, 1.807) is 7.11 Å². The number of benzene rings is 4. The fraction of sp³-hybridized carbons (Fsp3) is 0.297. The van der Waals surface area contributed by atoms with Crippen LogP contribution in [-0.2, 0) is 22.9 Å². The second-order valence-corrected chi connectivity index (χ2v) is 13.8. The molecule has 0 spiro atoms. The monoisotopic (exact) mass is 672 g/mol. The first-order chi connectivity index (χ1) is 22.9. The van der Waals surface area contributed by atoms with E-state index in [1.807, 2.05) is 91.9 Å². The van der Waals surface area contributed by atoms with E-state index in [9.17, 15) is 23.1 Å². The van der Waals surface area contributed by atoms with Crippen molar-refractivity contribution >= 4 is 27.5 Å². The highest BCUT2D eigenvalue weighted by molar-refractivity contribution is 7.92. The van der Waals surface area contributed by atoms with Crippen molar-refractivity contribution in [3.05, 3.63) is 131 Å². The lowest BCUT2D eigenvalue weighted by Gasteiger charge is -2.25. The van der Waals surface area contributed by atoms with Gasteiger partial charge < -0.3 is 25.8 Å². The quantitative estimate of drug-likeness (QED) is 0.132. The number of aliphatic hydroxyl groups excluding tert-OH is 1. The molecule has 3 atom stereocenters. The summed E-state index contributed by atoms with van der Waals surface area (Å²) in [5, 5.41) is 20.5. The standard InChI is InChI=1S/C37H44N4O6S/c1-26(29-15-9-6-10-16-29)39-36(43)30-22-31(24-32(23-30)41(2)48(4,45)46)37(44)40-34(21-27-12-7-5-8-13-27)35(42)25-38-19-18-28-14-11-17-33(20-28)47-3/h5-17,20,22-24,26,34-35,38,42H,18-19,21,25H2,1-4H3,(H,39,43)(H,40,44). The van der Waals surface area contributed by atoms with E-state index in [4.69, 9.17) is 4.74 Å². The lowest BCUT2D eigenvalue weighted by atomic mass is 10.00. The molecule has 0 aliphatic heterocycles. The van der Waals surface area contributed by atoms with Crippen LogP contribution in [0.4, 0.5) is 5.69 Å². The molecular weight excluding hydrogens is 628 g/mol. The zero-order valence-electron chi connectivity index (χ0n) is 27.7. The third-order valence-electron chi connectivity index (χ3n) is 8.11. The summed E-state index contributed by atoms with van der Waals surface area (Å²) in [6.07, 6.45) is 1.14. The molecular formula is C37H44N4O6S. The van der Waals surface area contributed by atoms with Gasteiger partial charge in [-0.15, -0.1) is 0 Å². The average Bonchev–Trinajstić information content (AvgIpc) is 3.09. The fourth-order valence-corrected chi connectivity index (χ4v) is 5.70. The molecule has 4 aromatic rings. The van der Waals surface area contributed by atoms with E-state index in [-0.39, 0.29) is 29.4 Å². The highest BCUT2D eigenvalue weighted by atomic mass is 32.2. The number of hydrogen-bond acceptors (Lipinski definition) is 7. The summed E-state index contributed by atoms with van der Waals surface area (Å²) in [6.45, 7) is 2.65. The number of aliphatic hydroxyl groups is 1. The van der Waals surface area contributed by atoms with Gasteiger partial charge in [-0.3, -0.25) is 13.9 Å². The Morgan fingerprint density at radius 1 is 0.833 bits per heavy atom. The molecule has 0 bridgehead atoms. The maximum atomic E-state index is 13.8. The van der Waals surface area contributed by atoms with Gasteiger partial charge in [0.25, 0.3) is 11.8 Å². The van der Waals surface area contributed by atoms with E-state index in [0.717, 1.165) is 33.0 Å². The number of carbonyl (C=O) groups is 2. The van der Waals surface area contributed by atoms with Crippen LogP contribution in [0.2, 0.25) is 0 Å². The number of nitrogens with one attached hydrogen (secondary N) is 3. The Hall–Kier alpha value is -4.71. The van der Waals surface area contributed by atoms with Crippen molar-refractivity contribution in [1.29, 1.82) is 0 Å². The van der Waals surface area contributed by atoms with Gasteiger partial charge >= 0.3 is 0 Å². The lowest BCUT2D eigenvalue weighted by Crippen LogP contribution is -2.49. The summed E-state index contributed by atoms with van der Waals surface area (Å²) < 4.78 is 31.2. The molecule has 0 aliphatic carbocycles. The largest absolute Gasteiger partial charge is 0.497 e. The zero-order valence-corrected chi connectivity index (χ0v) is 28.5. The topological polar surface area (TPSA) is 137 Å². The number of rotatable bonds is 16. The van der Waals surface area contributed by atoms with E-state index in [1.165, 1.54) is 25.2 Å². The number of carbonyl (C=O) groups excluding carboxylic acids is 2. The van der Waals surface area contributed by atoms with Crippen LogP contribution in [0.1, 0.15) is 50.4 Å². The van der Waals surface area contributed by atoms with Crippen molar-refractivity contribution in [2.45, 2.75) is 38.0 Å². The first-order valence-electron chi connectivity index (χ1n) is 15.8.